The number of carbonyl (C=O) groups excluding carboxylic acids is 1. The van der Waals surface area contributed by atoms with Crippen molar-refractivity contribution in [3.8, 4) is 17.2 Å². The van der Waals surface area contributed by atoms with Crippen molar-refractivity contribution in [2.45, 2.75) is 52.9 Å². The van der Waals surface area contributed by atoms with E-state index < -0.39 is 32.0 Å². The maximum atomic E-state index is 14.0. The molecule has 4 aromatic rings. The molecule has 4 rings (SSSR count). The fourth-order valence-electron chi connectivity index (χ4n) is 4.21. The molecule has 0 atom stereocenters. The van der Waals surface area contributed by atoms with Crippen molar-refractivity contribution in [3.05, 3.63) is 103 Å². The molecule has 0 saturated heterocycles. The number of esters is 1. The van der Waals surface area contributed by atoms with E-state index in [0.29, 0.717) is 31.9 Å². The van der Waals surface area contributed by atoms with Gasteiger partial charge in [-0.05, 0) is 111 Å². The zero-order chi connectivity index (χ0) is 31.3. The summed E-state index contributed by atoms with van der Waals surface area (Å²) in [5, 5.41) is 0. The number of hydrogen-bond acceptors (Lipinski definition) is 8. The molecular weight excluding hydrogens is 588 g/mol. The fourth-order valence-corrected chi connectivity index (χ4v) is 9.45. The van der Waals surface area contributed by atoms with E-state index in [1.807, 2.05) is 19.1 Å². The van der Waals surface area contributed by atoms with Crippen LogP contribution in [0.3, 0.4) is 0 Å². The molecule has 0 saturated carbocycles. The van der Waals surface area contributed by atoms with Crippen LogP contribution in [0.4, 0.5) is 0 Å². The molecular formula is C33H36O8S2. The van der Waals surface area contributed by atoms with Gasteiger partial charge in [0, 0.05) is 14.7 Å². The number of rotatable bonds is 11. The highest BCUT2D eigenvalue weighted by Crippen LogP contribution is 2.71. The topological polar surface area (TPSA) is 97.4 Å². The number of carbonyl (C=O) groups is 1. The summed E-state index contributed by atoms with van der Waals surface area (Å²) in [6.07, 6.45) is 0. The van der Waals surface area contributed by atoms with Crippen LogP contribution in [-0.4, -0.2) is 40.8 Å². The molecule has 10 heteroatoms. The number of benzene rings is 4. The van der Waals surface area contributed by atoms with Crippen LogP contribution in [0.15, 0.2) is 117 Å². The summed E-state index contributed by atoms with van der Waals surface area (Å²) in [5.41, 5.74) is 0.279. The van der Waals surface area contributed by atoms with Gasteiger partial charge in [0.05, 0.1) is 19.1 Å². The molecule has 8 nitrogen and oxygen atoms in total. The van der Waals surface area contributed by atoms with Gasteiger partial charge in [0.2, 0.25) is 0 Å². The van der Waals surface area contributed by atoms with Crippen LogP contribution in [0.25, 0.3) is 0 Å². The lowest BCUT2D eigenvalue weighted by molar-refractivity contribution is -0.157. The van der Waals surface area contributed by atoms with E-state index >= 15 is 0 Å². The SMILES string of the molecule is COc1cccc(S(OS(=O)(=O)c2ccc(C)cc2)(c2ccc(OCC(=O)OC(C)(C)C)cc2)c2cccc(OC)c2)c1. The Labute approximate surface area is 255 Å². The van der Waals surface area contributed by atoms with Crippen LogP contribution in [0, 0.1) is 6.92 Å². The summed E-state index contributed by atoms with van der Waals surface area (Å²) in [5.74, 6) is 0.967. The number of aryl methyl sites for hydroxylation is 1. The Kier molecular flexibility index (Phi) is 9.74. The first-order chi connectivity index (χ1) is 20.4. The van der Waals surface area contributed by atoms with E-state index in [9.17, 15) is 13.2 Å². The standard InChI is InChI=1S/C33H36O8S2/c1-24-13-17-29(18-14-24)43(35,36)41-42(30-11-7-9-26(21-30)37-5,31-12-8-10-27(22-31)38-6)28-19-15-25(16-20-28)39-23-32(34)40-33(2,3)4/h7-22H,23H2,1-6H3. The number of methoxy groups -OCH3 is 2. The summed E-state index contributed by atoms with van der Waals surface area (Å²) in [4.78, 5) is 14.0. The van der Waals surface area contributed by atoms with E-state index in [4.69, 9.17) is 22.6 Å². The highest BCUT2D eigenvalue weighted by molar-refractivity contribution is 8.33. The van der Waals surface area contributed by atoms with Crippen molar-refractivity contribution in [1.29, 1.82) is 0 Å². The molecule has 0 spiro atoms. The Morgan fingerprint density at radius 2 is 1.19 bits per heavy atom. The molecule has 0 bridgehead atoms. The first-order valence-corrected chi connectivity index (χ1v) is 16.4. The zero-order valence-corrected chi connectivity index (χ0v) is 26.7. The van der Waals surface area contributed by atoms with Gasteiger partial charge in [0.25, 0.3) is 0 Å². The Hall–Kier alpha value is -3.99. The summed E-state index contributed by atoms with van der Waals surface area (Å²) in [6, 6.07) is 27.6. The third-order valence-corrected chi connectivity index (χ3v) is 11.3. The molecule has 0 aliphatic rings. The molecule has 0 heterocycles. The zero-order valence-electron chi connectivity index (χ0n) is 25.0. The molecule has 0 aliphatic heterocycles. The molecule has 0 radical (unpaired) electrons. The van der Waals surface area contributed by atoms with Crippen molar-refractivity contribution in [1.82, 2.24) is 0 Å². The third kappa shape index (κ3) is 7.70. The molecule has 43 heavy (non-hydrogen) atoms. The van der Waals surface area contributed by atoms with Crippen molar-refractivity contribution in [3.63, 3.8) is 0 Å². The molecule has 0 amide bonds. The maximum Gasteiger partial charge on any atom is 0.344 e. The Morgan fingerprint density at radius 3 is 1.67 bits per heavy atom. The average molecular weight is 625 g/mol. The van der Waals surface area contributed by atoms with E-state index in [2.05, 4.69) is 0 Å². The minimum Gasteiger partial charge on any atom is -0.497 e. The molecule has 0 fully saturated rings. The first-order valence-electron chi connectivity index (χ1n) is 13.5. The third-order valence-electron chi connectivity index (χ3n) is 6.18. The van der Waals surface area contributed by atoms with Gasteiger partial charge < -0.3 is 18.9 Å². The second kappa shape index (κ2) is 13.1. The van der Waals surface area contributed by atoms with Gasteiger partial charge in [0.1, 0.15) is 22.8 Å². The van der Waals surface area contributed by atoms with Gasteiger partial charge >= 0.3 is 16.1 Å². The molecule has 0 N–H and O–H groups in total. The van der Waals surface area contributed by atoms with Crippen LogP contribution in [0.5, 0.6) is 17.2 Å². The minimum absolute atomic E-state index is 0.0260. The number of hydrogen-bond donors (Lipinski definition) is 0. The average Bonchev–Trinajstić information content (AvgIpc) is 2.98. The summed E-state index contributed by atoms with van der Waals surface area (Å²) >= 11 is 0. The predicted octanol–water partition coefficient (Wildman–Crippen LogP) is 7.33. The van der Waals surface area contributed by atoms with Crippen molar-refractivity contribution >= 4 is 26.4 Å². The van der Waals surface area contributed by atoms with Gasteiger partial charge in [-0.1, -0.05) is 29.8 Å². The highest BCUT2D eigenvalue weighted by atomic mass is 32.3. The Bertz CT molecular complexity index is 1610. The largest absolute Gasteiger partial charge is 0.497 e. The monoisotopic (exact) mass is 624 g/mol. The van der Waals surface area contributed by atoms with Crippen LogP contribution in [0.1, 0.15) is 26.3 Å². The molecule has 0 aromatic heterocycles. The van der Waals surface area contributed by atoms with Crippen LogP contribution < -0.4 is 14.2 Å². The van der Waals surface area contributed by atoms with Crippen molar-refractivity contribution in [2.24, 2.45) is 0 Å². The smallest absolute Gasteiger partial charge is 0.344 e. The highest BCUT2D eigenvalue weighted by Gasteiger charge is 2.39. The lowest BCUT2D eigenvalue weighted by Gasteiger charge is -2.39. The van der Waals surface area contributed by atoms with E-state index in [-0.39, 0.29) is 11.5 Å². The van der Waals surface area contributed by atoms with Crippen LogP contribution in [0.2, 0.25) is 0 Å². The van der Waals surface area contributed by atoms with Crippen molar-refractivity contribution < 1.29 is 35.8 Å². The predicted molar refractivity (Wildman–Crippen MR) is 166 cm³/mol. The van der Waals surface area contributed by atoms with Gasteiger partial charge in [-0.2, -0.15) is 8.42 Å². The van der Waals surface area contributed by atoms with Crippen LogP contribution in [-0.2, 0) is 23.3 Å². The second-order valence-electron chi connectivity index (χ2n) is 10.6. The normalized spacial score (nSPS) is 12.3. The molecule has 4 aromatic carbocycles. The fraction of sp³-hybridized carbons (Fsp3) is 0.242. The summed E-state index contributed by atoms with van der Waals surface area (Å²) < 4.78 is 56.5. The van der Waals surface area contributed by atoms with Gasteiger partial charge in [-0.3, -0.25) is 0 Å². The minimum atomic E-state index is -4.30. The summed E-state index contributed by atoms with van der Waals surface area (Å²) in [7, 11) is -4.20. The number of ether oxygens (including phenoxy) is 4. The van der Waals surface area contributed by atoms with Gasteiger partial charge in [0.15, 0.2) is 6.61 Å². The lowest BCUT2D eigenvalue weighted by atomic mass is 10.2. The second-order valence-corrected chi connectivity index (χ2v) is 15.0. The summed E-state index contributed by atoms with van der Waals surface area (Å²) in [6.45, 7) is 6.95. The van der Waals surface area contributed by atoms with E-state index in [1.54, 1.807) is 108 Å². The maximum absolute atomic E-state index is 14.0. The van der Waals surface area contributed by atoms with Crippen LogP contribution >= 0.6 is 10.3 Å². The molecule has 0 unspecified atom stereocenters. The molecule has 0 aliphatic carbocycles. The Balaban J connectivity index is 1.89. The van der Waals surface area contributed by atoms with Crippen molar-refractivity contribution in [2.75, 3.05) is 20.8 Å². The van der Waals surface area contributed by atoms with E-state index in [1.165, 1.54) is 12.1 Å². The van der Waals surface area contributed by atoms with Gasteiger partial charge in [-0.15, -0.1) is 0 Å². The van der Waals surface area contributed by atoms with Gasteiger partial charge in [-0.25, -0.2) is 8.42 Å². The first kappa shape index (κ1) is 31.9. The lowest BCUT2D eigenvalue weighted by Crippen LogP contribution is -2.27. The Morgan fingerprint density at radius 1 is 0.674 bits per heavy atom. The quantitative estimate of drug-likeness (QED) is 0.160. The van der Waals surface area contributed by atoms with E-state index in [0.717, 1.165) is 5.56 Å². The molecule has 228 valence electrons.